The van der Waals surface area contributed by atoms with Crippen LogP contribution in [0.15, 0.2) is 4.52 Å². The van der Waals surface area contributed by atoms with Gasteiger partial charge in [0.15, 0.2) is 5.76 Å². The molecular formula is C17H27N3O3. The van der Waals surface area contributed by atoms with Gasteiger partial charge in [-0.1, -0.05) is 32.3 Å². The Morgan fingerprint density at radius 2 is 2.17 bits per heavy atom. The largest absolute Gasteiger partial charge is 0.359 e. The predicted octanol–water partition coefficient (Wildman–Crippen LogP) is 2.91. The van der Waals surface area contributed by atoms with E-state index in [1.165, 1.54) is 0 Å². The van der Waals surface area contributed by atoms with Gasteiger partial charge < -0.3 is 14.7 Å². The van der Waals surface area contributed by atoms with Crippen molar-refractivity contribution in [3.63, 3.8) is 0 Å². The van der Waals surface area contributed by atoms with Crippen molar-refractivity contribution >= 4 is 17.5 Å². The average Bonchev–Trinajstić information content (AvgIpc) is 3.14. The monoisotopic (exact) mass is 321 g/mol. The Kier molecular flexibility index (Phi) is 5.80. The van der Waals surface area contributed by atoms with Gasteiger partial charge in [-0.05, 0) is 32.1 Å². The van der Waals surface area contributed by atoms with Gasteiger partial charge in [0.05, 0.1) is 0 Å². The maximum atomic E-state index is 12.6. The topological polar surface area (TPSA) is 75.4 Å². The van der Waals surface area contributed by atoms with E-state index in [0.29, 0.717) is 36.0 Å². The number of anilines is 1. The number of amides is 2. The van der Waals surface area contributed by atoms with Crippen molar-refractivity contribution in [2.24, 2.45) is 5.92 Å². The van der Waals surface area contributed by atoms with Gasteiger partial charge in [-0.25, -0.2) is 0 Å². The zero-order valence-electron chi connectivity index (χ0n) is 14.5. The summed E-state index contributed by atoms with van der Waals surface area (Å²) in [5.41, 5.74) is 1.13. The summed E-state index contributed by atoms with van der Waals surface area (Å²) in [6.45, 7) is 8.64. The van der Waals surface area contributed by atoms with Crippen molar-refractivity contribution in [3.8, 4) is 0 Å². The summed E-state index contributed by atoms with van der Waals surface area (Å²) in [5, 5.41) is 6.54. The summed E-state index contributed by atoms with van der Waals surface area (Å²) >= 11 is 0. The highest BCUT2D eigenvalue weighted by Crippen LogP contribution is 2.27. The Morgan fingerprint density at radius 1 is 1.43 bits per heavy atom. The van der Waals surface area contributed by atoms with Gasteiger partial charge in [-0.15, -0.1) is 0 Å². The normalized spacial score (nSPS) is 19.0. The van der Waals surface area contributed by atoms with Gasteiger partial charge in [-0.2, -0.15) is 0 Å². The summed E-state index contributed by atoms with van der Waals surface area (Å²) in [6.07, 6.45) is 4.72. The van der Waals surface area contributed by atoms with Gasteiger partial charge >= 0.3 is 11.8 Å². The van der Waals surface area contributed by atoms with Crippen LogP contribution in [0, 0.1) is 12.8 Å². The Labute approximate surface area is 137 Å². The van der Waals surface area contributed by atoms with Crippen molar-refractivity contribution in [3.05, 3.63) is 11.5 Å². The fraction of sp³-hybridized carbons (Fsp3) is 0.706. The minimum Gasteiger partial charge on any atom is -0.359 e. The Morgan fingerprint density at radius 3 is 2.83 bits per heavy atom. The Bertz CT molecular complexity index is 567. The molecule has 6 nitrogen and oxygen atoms in total. The molecule has 1 fully saturated rings. The molecule has 0 radical (unpaired) electrons. The standard InChI is InChI=1S/C17H27N3O3/c1-5-8-11(3)13-9-7-10-20(13)17(22)16(21)18-15-12(4)19-23-14(15)6-2/h11,13H,5-10H2,1-4H3,(H,18,21). The number of aromatic nitrogens is 1. The molecule has 1 aliphatic rings. The molecule has 2 unspecified atom stereocenters. The van der Waals surface area contributed by atoms with E-state index in [0.717, 1.165) is 25.7 Å². The first-order valence-corrected chi connectivity index (χ1v) is 8.56. The smallest absolute Gasteiger partial charge is 0.314 e. The van der Waals surface area contributed by atoms with Crippen molar-refractivity contribution in [2.75, 3.05) is 11.9 Å². The number of hydrogen-bond donors (Lipinski definition) is 1. The quantitative estimate of drug-likeness (QED) is 0.846. The van der Waals surface area contributed by atoms with E-state index in [1.807, 2.05) is 6.92 Å². The minimum atomic E-state index is -0.596. The number of aryl methyl sites for hydroxylation is 2. The van der Waals surface area contributed by atoms with E-state index in [1.54, 1.807) is 11.8 Å². The van der Waals surface area contributed by atoms with Crippen LogP contribution < -0.4 is 5.32 Å². The lowest BCUT2D eigenvalue weighted by Crippen LogP contribution is -2.45. The predicted molar refractivity (Wildman–Crippen MR) is 88.1 cm³/mol. The number of nitrogens with zero attached hydrogens (tertiary/aromatic N) is 2. The summed E-state index contributed by atoms with van der Waals surface area (Å²) < 4.78 is 5.15. The summed E-state index contributed by atoms with van der Waals surface area (Å²) in [4.78, 5) is 26.7. The molecule has 0 aromatic carbocycles. The molecule has 128 valence electrons. The maximum Gasteiger partial charge on any atom is 0.314 e. The van der Waals surface area contributed by atoms with Crippen LogP contribution in [0.25, 0.3) is 0 Å². The lowest BCUT2D eigenvalue weighted by molar-refractivity contribution is -0.144. The highest BCUT2D eigenvalue weighted by Gasteiger charge is 2.35. The average molecular weight is 321 g/mol. The molecule has 2 heterocycles. The molecule has 1 aromatic heterocycles. The summed E-state index contributed by atoms with van der Waals surface area (Å²) in [5.74, 6) is -0.0246. The zero-order valence-corrected chi connectivity index (χ0v) is 14.5. The van der Waals surface area contributed by atoms with Crippen LogP contribution in [-0.2, 0) is 16.0 Å². The Hall–Kier alpha value is -1.85. The first-order valence-electron chi connectivity index (χ1n) is 8.56. The van der Waals surface area contributed by atoms with Gasteiger partial charge in [0.2, 0.25) is 0 Å². The van der Waals surface area contributed by atoms with E-state index in [-0.39, 0.29) is 6.04 Å². The number of carbonyl (C=O) groups excluding carboxylic acids is 2. The molecule has 2 amide bonds. The van der Waals surface area contributed by atoms with E-state index in [4.69, 9.17) is 4.52 Å². The fourth-order valence-corrected chi connectivity index (χ4v) is 3.40. The third kappa shape index (κ3) is 3.74. The van der Waals surface area contributed by atoms with Crippen LogP contribution in [0.2, 0.25) is 0 Å². The van der Waals surface area contributed by atoms with Crippen molar-refractivity contribution in [1.82, 2.24) is 10.1 Å². The van der Waals surface area contributed by atoms with E-state index >= 15 is 0 Å². The number of rotatable bonds is 5. The summed E-state index contributed by atoms with van der Waals surface area (Å²) in [7, 11) is 0. The van der Waals surface area contributed by atoms with Crippen LogP contribution in [-0.4, -0.2) is 34.5 Å². The molecule has 1 N–H and O–H groups in total. The van der Waals surface area contributed by atoms with Crippen LogP contribution >= 0.6 is 0 Å². The lowest BCUT2D eigenvalue weighted by Gasteiger charge is -2.29. The minimum absolute atomic E-state index is 0.169. The van der Waals surface area contributed by atoms with Crippen LogP contribution in [0.1, 0.15) is 57.9 Å². The van der Waals surface area contributed by atoms with Gasteiger partial charge in [0.1, 0.15) is 11.4 Å². The number of hydrogen-bond acceptors (Lipinski definition) is 4. The molecule has 0 saturated carbocycles. The first-order chi connectivity index (χ1) is 11.0. The second-order valence-electron chi connectivity index (χ2n) is 6.35. The third-order valence-corrected chi connectivity index (χ3v) is 4.65. The SMILES string of the molecule is CCCC(C)C1CCCN1C(=O)C(=O)Nc1c(C)noc1CC. The number of likely N-dealkylation sites (tertiary alicyclic amines) is 1. The molecule has 1 aromatic rings. The molecule has 0 aliphatic carbocycles. The van der Waals surface area contributed by atoms with Crippen LogP contribution in [0.5, 0.6) is 0 Å². The molecule has 0 spiro atoms. The van der Waals surface area contributed by atoms with Gasteiger partial charge in [0.25, 0.3) is 0 Å². The van der Waals surface area contributed by atoms with Crippen LogP contribution in [0.4, 0.5) is 5.69 Å². The van der Waals surface area contributed by atoms with E-state index < -0.39 is 11.8 Å². The molecule has 1 aliphatic heterocycles. The molecule has 2 atom stereocenters. The van der Waals surface area contributed by atoms with Crippen molar-refractivity contribution in [2.45, 2.75) is 65.8 Å². The van der Waals surface area contributed by atoms with E-state index in [2.05, 4.69) is 24.3 Å². The first kappa shape index (κ1) is 17.5. The second-order valence-corrected chi connectivity index (χ2v) is 6.35. The number of nitrogens with one attached hydrogen (secondary N) is 1. The summed E-state index contributed by atoms with van der Waals surface area (Å²) in [6, 6.07) is 0.169. The van der Waals surface area contributed by atoms with Gasteiger partial charge in [0, 0.05) is 19.0 Å². The van der Waals surface area contributed by atoms with Crippen LogP contribution in [0.3, 0.4) is 0 Å². The third-order valence-electron chi connectivity index (χ3n) is 4.65. The van der Waals surface area contributed by atoms with Gasteiger partial charge in [-0.3, -0.25) is 9.59 Å². The Balaban J connectivity index is 2.07. The molecule has 6 heteroatoms. The molecule has 1 saturated heterocycles. The maximum absolute atomic E-state index is 12.6. The second kappa shape index (κ2) is 7.62. The molecule has 23 heavy (non-hydrogen) atoms. The number of carbonyl (C=O) groups is 2. The van der Waals surface area contributed by atoms with Crippen molar-refractivity contribution < 1.29 is 14.1 Å². The molecular weight excluding hydrogens is 294 g/mol. The van der Waals surface area contributed by atoms with E-state index in [9.17, 15) is 9.59 Å². The zero-order chi connectivity index (χ0) is 17.0. The highest BCUT2D eigenvalue weighted by molar-refractivity contribution is 6.39. The highest BCUT2D eigenvalue weighted by atomic mass is 16.5. The fourth-order valence-electron chi connectivity index (χ4n) is 3.40. The molecule has 0 bridgehead atoms. The van der Waals surface area contributed by atoms with Crippen molar-refractivity contribution in [1.29, 1.82) is 0 Å². The molecule has 2 rings (SSSR count). The lowest BCUT2D eigenvalue weighted by atomic mass is 9.95.